The molecular formula is C11H17NO2S. The second-order valence-corrected chi connectivity index (χ2v) is 5.61. The second kappa shape index (κ2) is 4.56. The maximum absolute atomic E-state index is 12.1. The zero-order valence-corrected chi connectivity index (χ0v) is 9.89. The monoisotopic (exact) mass is 227 g/mol. The summed E-state index contributed by atoms with van der Waals surface area (Å²) < 4.78 is 0. The van der Waals surface area contributed by atoms with E-state index in [1.807, 2.05) is 23.6 Å². The molecule has 0 bridgehead atoms. The first-order chi connectivity index (χ1) is 7.18. The van der Waals surface area contributed by atoms with Crippen molar-refractivity contribution in [1.29, 1.82) is 0 Å². The van der Waals surface area contributed by atoms with Crippen molar-refractivity contribution >= 4 is 23.5 Å². The molecule has 1 amide bonds. The van der Waals surface area contributed by atoms with Crippen LogP contribution in [0.25, 0.3) is 0 Å². The molecular weight excluding hydrogens is 210 g/mol. The SMILES string of the molecule is CC1CN(C(=O)C2CCSC2)CCC1=O. The Balaban J connectivity index is 1.93. The molecule has 2 atom stereocenters. The molecule has 0 aromatic heterocycles. The van der Waals surface area contributed by atoms with E-state index in [-0.39, 0.29) is 17.7 Å². The van der Waals surface area contributed by atoms with Gasteiger partial charge in [-0.3, -0.25) is 9.59 Å². The van der Waals surface area contributed by atoms with Crippen molar-refractivity contribution in [2.24, 2.45) is 11.8 Å². The van der Waals surface area contributed by atoms with E-state index in [4.69, 9.17) is 0 Å². The van der Waals surface area contributed by atoms with E-state index >= 15 is 0 Å². The van der Waals surface area contributed by atoms with Crippen LogP contribution in [0.15, 0.2) is 0 Å². The quantitative estimate of drug-likeness (QED) is 0.675. The van der Waals surface area contributed by atoms with E-state index < -0.39 is 0 Å². The van der Waals surface area contributed by atoms with E-state index in [1.54, 1.807) is 0 Å². The summed E-state index contributed by atoms with van der Waals surface area (Å²) in [6.07, 6.45) is 1.56. The standard InChI is InChI=1S/C11H17NO2S/c1-8-6-12(4-2-10(8)13)11(14)9-3-5-15-7-9/h8-9H,2-7H2,1H3. The normalized spacial score (nSPS) is 32.1. The third-order valence-corrected chi connectivity index (χ3v) is 4.43. The average molecular weight is 227 g/mol. The van der Waals surface area contributed by atoms with Gasteiger partial charge in [-0.2, -0.15) is 11.8 Å². The Hall–Kier alpha value is -0.510. The van der Waals surface area contributed by atoms with Gasteiger partial charge in [-0.1, -0.05) is 6.92 Å². The predicted molar refractivity (Wildman–Crippen MR) is 60.8 cm³/mol. The van der Waals surface area contributed by atoms with Gasteiger partial charge in [0.25, 0.3) is 0 Å². The highest BCUT2D eigenvalue weighted by atomic mass is 32.2. The zero-order chi connectivity index (χ0) is 10.8. The lowest BCUT2D eigenvalue weighted by Gasteiger charge is -2.31. The molecule has 84 valence electrons. The topological polar surface area (TPSA) is 37.4 Å². The second-order valence-electron chi connectivity index (χ2n) is 4.46. The van der Waals surface area contributed by atoms with E-state index in [0.29, 0.717) is 25.3 Å². The number of Topliss-reactive ketones (excluding diaryl/α,β-unsaturated/α-hetero) is 1. The fourth-order valence-electron chi connectivity index (χ4n) is 2.20. The van der Waals surface area contributed by atoms with Crippen LogP contribution in [0.2, 0.25) is 0 Å². The molecule has 2 rings (SSSR count). The maximum atomic E-state index is 12.1. The minimum absolute atomic E-state index is 0.0387. The summed E-state index contributed by atoms with van der Waals surface area (Å²) in [6.45, 7) is 3.20. The number of hydrogen-bond acceptors (Lipinski definition) is 3. The van der Waals surface area contributed by atoms with Crippen LogP contribution in [0.4, 0.5) is 0 Å². The lowest BCUT2D eigenvalue weighted by atomic mass is 9.97. The first kappa shape index (κ1) is 11.0. The number of rotatable bonds is 1. The lowest BCUT2D eigenvalue weighted by Crippen LogP contribution is -2.45. The highest BCUT2D eigenvalue weighted by Crippen LogP contribution is 2.26. The fourth-order valence-corrected chi connectivity index (χ4v) is 3.41. The maximum Gasteiger partial charge on any atom is 0.226 e. The van der Waals surface area contributed by atoms with Crippen molar-refractivity contribution in [3.8, 4) is 0 Å². The molecule has 15 heavy (non-hydrogen) atoms. The Morgan fingerprint density at radius 1 is 1.53 bits per heavy atom. The van der Waals surface area contributed by atoms with Crippen LogP contribution >= 0.6 is 11.8 Å². The van der Waals surface area contributed by atoms with Crippen molar-refractivity contribution in [2.45, 2.75) is 19.8 Å². The third kappa shape index (κ3) is 2.36. The number of thioether (sulfide) groups is 1. The van der Waals surface area contributed by atoms with Crippen LogP contribution in [0.5, 0.6) is 0 Å². The number of ketones is 1. The van der Waals surface area contributed by atoms with Gasteiger partial charge in [0.1, 0.15) is 5.78 Å². The average Bonchev–Trinajstić information content (AvgIpc) is 2.74. The molecule has 0 spiro atoms. The minimum atomic E-state index is 0.0387. The van der Waals surface area contributed by atoms with Gasteiger partial charge in [-0.25, -0.2) is 0 Å². The number of amides is 1. The molecule has 4 heteroatoms. The third-order valence-electron chi connectivity index (χ3n) is 3.26. The molecule has 2 fully saturated rings. The molecule has 2 aliphatic heterocycles. The van der Waals surface area contributed by atoms with Gasteiger partial charge in [-0.05, 0) is 12.2 Å². The van der Waals surface area contributed by atoms with Crippen LogP contribution in [0, 0.1) is 11.8 Å². The Morgan fingerprint density at radius 3 is 2.93 bits per heavy atom. The summed E-state index contributed by atoms with van der Waals surface area (Å²) in [5.41, 5.74) is 0. The van der Waals surface area contributed by atoms with Crippen LogP contribution in [-0.2, 0) is 9.59 Å². The zero-order valence-electron chi connectivity index (χ0n) is 9.07. The van der Waals surface area contributed by atoms with Gasteiger partial charge < -0.3 is 4.90 Å². The van der Waals surface area contributed by atoms with Gasteiger partial charge in [-0.15, -0.1) is 0 Å². The molecule has 0 radical (unpaired) electrons. The first-order valence-corrected chi connectivity index (χ1v) is 6.73. The van der Waals surface area contributed by atoms with Gasteiger partial charge in [0.15, 0.2) is 0 Å². The van der Waals surface area contributed by atoms with Crippen molar-refractivity contribution in [2.75, 3.05) is 24.6 Å². The smallest absolute Gasteiger partial charge is 0.226 e. The van der Waals surface area contributed by atoms with E-state index in [1.165, 1.54) is 0 Å². The fraction of sp³-hybridized carbons (Fsp3) is 0.818. The molecule has 0 aromatic rings. The summed E-state index contributed by atoms with van der Waals surface area (Å²) in [6, 6.07) is 0. The Bertz CT molecular complexity index is 274. The number of piperidine rings is 1. The highest BCUT2D eigenvalue weighted by Gasteiger charge is 2.32. The number of hydrogen-bond donors (Lipinski definition) is 0. The lowest BCUT2D eigenvalue weighted by molar-refractivity contribution is -0.139. The molecule has 2 aliphatic rings. The van der Waals surface area contributed by atoms with Crippen molar-refractivity contribution in [1.82, 2.24) is 4.90 Å². The highest BCUT2D eigenvalue weighted by molar-refractivity contribution is 7.99. The molecule has 3 nitrogen and oxygen atoms in total. The number of nitrogens with zero attached hydrogens (tertiary/aromatic N) is 1. The summed E-state index contributed by atoms with van der Waals surface area (Å²) in [4.78, 5) is 25.3. The minimum Gasteiger partial charge on any atom is -0.341 e. The summed E-state index contributed by atoms with van der Waals surface area (Å²) >= 11 is 1.86. The van der Waals surface area contributed by atoms with E-state index in [0.717, 1.165) is 17.9 Å². The van der Waals surface area contributed by atoms with E-state index in [2.05, 4.69) is 0 Å². The summed E-state index contributed by atoms with van der Waals surface area (Å²) in [5.74, 6) is 2.92. The molecule has 2 heterocycles. The van der Waals surface area contributed by atoms with Crippen LogP contribution in [0.1, 0.15) is 19.8 Å². The van der Waals surface area contributed by atoms with E-state index in [9.17, 15) is 9.59 Å². The Kier molecular flexibility index (Phi) is 3.34. The molecule has 2 unspecified atom stereocenters. The summed E-state index contributed by atoms with van der Waals surface area (Å²) in [5, 5.41) is 0. The van der Waals surface area contributed by atoms with Crippen LogP contribution in [0.3, 0.4) is 0 Å². The molecule has 2 saturated heterocycles. The number of carbonyl (C=O) groups is 2. The largest absolute Gasteiger partial charge is 0.341 e. The number of carbonyl (C=O) groups excluding carboxylic acids is 2. The van der Waals surface area contributed by atoms with Gasteiger partial charge in [0.05, 0.1) is 0 Å². The van der Waals surface area contributed by atoms with Crippen molar-refractivity contribution < 1.29 is 9.59 Å². The molecule has 0 aliphatic carbocycles. The molecule has 0 N–H and O–H groups in total. The van der Waals surface area contributed by atoms with Crippen molar-refractivity contribution in [3.63, 3.8) is 0 Å². The Labute approximate surface area is 94.6 Å². The van der Waals surface area contributed by atoms with Crippen LogP contribution in [-0.4, -0.2) is 41.2 Å². The molecule has 0 aromatic carbocycles. The predicted octanol–water partition coefficient (Wildman–Crippen LogP) is 1.18. The molecule has 0 saturated carbocycles. The number of likely N-dealkylation sites (tertiary alicyclic amines) is 1. The summed E-state index contributed by atoms with van der Waals surface area (Å²) in [7, 11) is 0. The van der Waals surface area contributed by atoms with Crippen molar-refractivity contribution in [3.05, 3.63) is 0 Å². The first-order valence-electron chi connectivity index (χ1n) is 5.57. The van der Waals surface area contributed by atoms with Gasteiger partial charge >= 0.3 is 0 Å². The van der Waals surface area contributed by atoms with Crippen LogP contribution < -0.4 is 0 Å². The Morgan fingerprint density at radius 2 is 2.33 bits per heavy atom. The van der Waals surface area contributed by atoms with Gasteiger partial charge in [0.2, 0.25) is 5.91 Å². The van der Waals surface area contributed by atoms with Gasteiger partial charge in [0, 0.05) is 37.1 Å².